The lowest BCUT2D eigenvalue weighted by Crippen LogP contribution is -2.01. The summed E-state index contributed by atoms with van der Waals surface area (Å²) in [7, 11) is 0. The first kappa shape index (κ1) is 11.3. The predicted molar refractivity (Wildman–Crippen MR) is 65.0 cm³/mol. The second-order valence-electron chi connectivity index (χ2n) is 3.73. The topological polar surface area (TPSA) is 70.3 Å². The highest BCUT2D eigenvalue weighted by Crippen LogP contribution is 2.25. The van der Waals surface area contributed by atoms with Crippen LogP contribution in [0.3, 0.4) is 0 Å². The number of aromatic hydroxyl groups is 2. The zero-order valence-electron chi connectivity index (χ0n) is 9.59. The molecule has 1 aromatic carbocycles. The third-order valence-corrected chi connectivity index (χ3v) is 2.48. The highest BCUT2D eigenvalue weighted by Gasteiger charge is 2.01. The van der Waals surface area contributed by atoms with Crippen LogP contribution in [0.1, 0.15) is 12.5 Å². The molecule has 0 saturated heterocycles. The number of aryl methyl sites for hydroxylation is 1. The second-order valence-corrected chi connectivity index (χ2v) is 3.73. The molecule has 1 aromatic heterocycles. The molecule has 0 aliphatic rings. The highest BCUT2D eigenvalue weighted by molar-refractivity contribution is 5.42. The lowest BCUT2D eigenvalue weighted by atomic mass is 10.2. The van der Waals surface area contributed by atoms with E-state index in [9.17, 15) is 10.2 Å². The van der Waals surface area contributed by atoms with E-state index in [2.05, 4.69) is 10.4 Å². The molecule has 0 aliphatic carbocycles. The van der Waals surface area contributed by atoms with Gasteiger partial charge in [-0.3, -0.25) is 4.68 Å². The number of phenolic OH excluding ortho intramolecular Hbond substituents is 2. The third-order valence-electron chi connectivity index (χ3n) is 2.48. The maximum Gasteiger partial charge on any atom is 0.157 e. The summed E-state index contributed by atoms with van der Waals surface area (Å²) < 4.78 is 1.83. The van der Waals surface area contributed by atoms with Crippen LogP contribution in [-0.2, 0) is 13.1 Å². The van der Waals surface area contributed by atoms with Crippen LogP contribution in [0.5, 0.6) is 11.5 Å². The molecule has 90 valence electrons. The number of anilines is 1. The number of nitrogens with one attached hydrogen (secondary N) is 1. The van der Waals surface area contributed by atoms with Crippen LogP contribution in [0.15, 0.2) is 30.5 Å². The van der Waals surface area contributed by atoms with Gasteiger partial charge in [-0.25, -0.2) is 0 Å². The van der Waals surface area contributed by atoms with Gasteiger partial charge in [-0.2, -0.15) is 5.10 Å². The Balaban J connectivity index is 1.99. The standard InChI is InChI=1S/C12H15N3O2/c1-2-15-6-5-12(14-15)13-8-9-3-4-10(16)11(17)7-9/h3-7,16-17H,2,8H2,1H3,(H,13,14). The van der Waals surface area contributed by atoms with E-state index in [0.717, 1.165) is 17.9 Å². The smallest absolute Gasteiger partial charge is 0.157 e. The Bertz CT molecular complexity index is 508. The van der Waals surface area contributed by atoms with Crippen LogP contribution >= 0.6 is 0 Å². The van der Waals surface area contributed by atoms with E-state index < -0.39 is 0 Å². The first-order valence-electron chi connectivity index (χ1n) is 5.47. The van der Waals surface area contributed by atoms with Crippen LogP contribution in [0.4, 0.5) is 5.82 Å². The van der Waals surface area contributed by atoms with Crippen molar-refractivity contribution in [2.24, 2.45) is 0 Å². The molecule has 5 nitrogen and oxygen atoms in total. The van der Waals surface area contributed by atoms with Crippen molar-refractivity contribution < 1.29 is 10.2 Å². The van der Waals surface area contributed by atoms with Crippen molar-refractivity contribution in [1.29, 1.82) is 0 Å². The van der Waals surface area contributed by atoms with E-state index in [0.29, 0.717) is 6.54 Å². The SMILES string of the molecule is CCn1ccc(NCc2ccc(O)c(O)c2)n1. The molecule has 0 unspecified atom stereocenters. The van der Waals surface area contributed by atoms with Gasteiger partial charge in [0.05, 0.1) is 0 Å². The Morgan fingerprint density at radius 3 is 2.71 bits per heavy atom. The van der Waals surface area contributed by atoms with Crippen LogP contribution in [0.2, 0.25) is 0 Å². The van der Waals surface area contributed by atoms with E-state index in [-0.39, 0.29) is 11.5 Å². The lowest BCUT2D eigenvalue weighted by Gasteiger charge is -2.04. The van der Waals surface area contributed by atoms with Crippen molar-refractivity contribution in [1.82, 2.24) is 9.78 Å². The van der Waals surface area contributed by atoms with Gasteiger partial charge in [0.15, 0.2) is 11.5 Å². The Morgan fingerprint density at radius 1 is 1.24 bits per heavy atom. The third kappa shape index (κ3) is 2.69. The summed E-state index contributed by atoms with van der Waals surface area (Å²) in [5.74, 6) is 0.576. The number of aromatic nitrogens is 2. The van der Waals surface area contributed by atoms with Crippen LogP contribution in [0.25, 0.3) is 0 Å². The Hall–Kier alpha value is -2.17. The number of rotatable bonds is 4. The van der Waals surface area contributed by atoms with Crippen LogP contribution in [-0.4, -0.2) is 20.0 Å². The fourth-order valence-corrected chi connectivity index (χ4v) is 1.50. The highest BCUT2D eigenvalue weighted by atomic mass is 16.3. The van der Waals surface area contributed by atoms with E-state index in [4.69, 9.17) is 0 Å². The summed E-state index contributed by atoms with van der Waals surface area (Å²) in [5.41, 5.74) is 0.881. The molecular weight excluding hydrogens is 218 g/mol. The van der Waals surface area contributed by atoms with E-state index in [1.165, 1.54) is 12.1 Å². The lowest BCUT2D eigenvalue weighted by molar-refractivity contribution is 0.403. The van der Waals surface area contributed by atoms with E-state index in [1.54, 1.807) is 6.07 Å². The molecule has 0 spiro atoms. The average molecular weight is 233 g/mol. The van der Waals surface area contributed by atoms with Crippen molar-refractivity contribution in [3.8, 4) is 11.5 Å². The van der Waals surface area contributed by atoms with Gasteiger partial charge in [-0.05, 0) is 24.6 Å². The van der Waals surface area contributed by atoms with Crippen molar-refractivity contribution in [3.63, 3.8) is 0 Å². The molecule has 0 atom stereocenters. The summed E-state index contributed by atoms with van der Waals surface area (Å²) in [5, 5.41) is 25.9. The molecule has 2 rings (SSSR count). The molecule has 0 amide bonds. The van der Waals surface area contributed by atoms with Crippen molar-refractivity contribution >= 4 is 5.82 Å². The normalized spacial score (nSPS) is 10.4. The molecule has 3 N–H and O–H groups in total. The Labute approximate surface area is 99.3 Å². The Kier molecular flexibility index (Phi) is 3.18. The van der Waals surface area contributed by atoms with Gasteiger partial charge in [0.25, 0.3) is 0 Å². The minimum absolute atomic E-state index is 0.107. The fourth-order valence-electron chi connectivity index (χ4n) is 1.50. The number of benzene rings is 1. The molecule has 0 radical (unpaired) electrons. The molecule has 0 saturated carbocycles. The monoisotopic (exact) mass is 233 g/mol. The first-order chi connectivity index (χ1) is 8.19. The molecule has 0 bridgehead atoms. The summed E-state index contributed by atoms with van der Waals surface area (Å²) in [6, 6.07) is 6.64. The predicted octanol–water partition coefficient (Wildman–Crippen LogP) is 1.93. The zero-order valence-corrected chi connectivity index (χ0v) is 9.59. The first-order valence-corrected chi connectivity index (χ1v) is 5.47. The zero-order chi connectivity index (χ0) is 12.3. The van der Waals surface area contributed by atoms with E-state index in [1.807, 2.05) is 23.9 Å². The molecule has 5 heteroatoms. The van der Waals surface area contributed by atoms with E-state index >= 15 is 0 Å². The number of nitrogens with zero attached hydrogens (tertiary/aromatic N) is 2. The Morgan fingerprint density at radius 2 is 2.06 bits per heavy atom. The maximum absolute atomic E-state index is 9.34. The summed E-state index contributed by atoms with van der Waals surface area (Å²) in [4.78, 5) is 0. The number of hydrogen-bond donors (Lipinski definition) is 3. The maximum atomic E-state index is 9.34. The largest absolute Gasteiger partial charge is 0.504 e. The van der Waals surface area contributed by atoms with Crippen LogP contribution < -0.4 is 5.32 Å². The minimum atomic E-state index is -0.108. The average Bonchev–Trinajstić information content (AvgIpc) is 2.79. The summed E-state index contributed by atoms with van der Waals surface area (Å²) in [6.45, 7) is 3.41. The molecule has 2 aromatic rings. The van der Waals surface area contributed by atoms with Gasteiger partial charge < -0.3 is 15.5 Å². The fraction of sp³-hybridized carbons (Fsp3) is 0.250. The van der Waals surface area contributed by atoms with Gasteiger partial charge in [-0.1, -0.05) is 6.07 Å². The van der Waals surface area contributed by atoms with Gasteiger partial charge in [-0.15, -0.1) is 0 Å². The van der Waals surface area contributed by atoms with Crippen LogP contribution in [0, 0.1) is 0 Å². The molecule has 0 fully saturated rings. The number of hydrogen-bond acceptors (Lipinski definition) is 4. The van der Waals surface area contributed by atoms with Crippen molar-refractivity contribution in [3.05, 3.63) is 36.0 Å². The van der Waals surface area contributed by atoms with Crippen molar-refractivity contribution in [2.45, 2.75) is 20.0 Å². The van der Waals surface area contributed by atoms with Gasteiger partial charge in [0, 0.05) is 25.4 Å². The molecular formula is C12H15N3O2. The molecule has 17 heavy (non-hydrogen) atoms. The number of phenols is 2. The second kappa shape index (κ2) is 4.78. The van der Waals surface area contributed by atoms with Gasteiger partial charge >= 0.3 is 0 Å². The minimum Gasteiger partial charge on any atom is -0.504 e. The molecule has 1 heterocycles. The van der Waals surface area contributed by atoms with Crippen molar-refractivity contribution in [2.75, 3.05) is 5.32 Å². The summed E-state index contributed by atoms with van der Waals surface area (Å²) >= 11 is 0. The quantitative estimate of drug-likeness (QED) is 0.706. The summed E-state index contributed by atoms with van der Waals surface area (Å²) in [6.07, 6.45) is 1.90. The molecule has 0 aliphatic heterocycles. The van der Waals surface area contributed by atoms with Gasteiger partial charge in [0.2, 0.25) is 0 Å². The van der Waals surface area contributed by atoms with Gasteiger partial charge in [0.1, 0.15) is 5.82 Å².